The van der Waals surface area contributed by atoms with Crippen LogP contribution in [0.3, 0.4) is 0 Å². The number of benzene rings is 1. The summed E-state index contributed by atoms with van der Waals surface area (Å²) in [5, 5.41) is 3.64. The minimum absolute atomic E-state index is 0.740. The molecule has 2 fully saturated rings. The Morgan fingerprint density at radius 2 is 1.85 bits per heavy atom. The van der Waals surface area contributed by atoms with E-state index in [9.17, 15) is 0 Å². The fourth-order valence-electron chi connectivity index (χ4n) is 4.43. The van der Waals surface area contributed by atoms with Gasteiger partial charge in [0.05, 0.1) is 14.2 Å². The van der Waals surface area contributed by atoms with E-state index < -0.39 is 0 Å². The topological polar surface area (TPSA) is 49.3 Å². The van der Waals surface area contributed by atoms with Crippen molar-refractivity contribution in [1.82, 2.24) is 15.1 Å². The van der Waals surface area contributed by atoms with Crippen molar-refractivity contribution in [2.45, 2.75) is 38.3 Å². The zero-order valence-electron chi connectivity index (χ0n) is 16.8. The summed E-state index contributed by atoms with van der Waals surface area (Å²) in [6, 6.07) is 5.12. The lowest BCUT2D eigenvalue weighted by Crippen LogP contribution is -2.45. The van der Waals surface area contributed by atoms with E-state index in [1.807, 2.05) is 7.05 Å². The highest BCUT2D eigenvalue weighted by Crippen LogP contribution is 2.33. The minimum atomic E-state index is 0.740. The monoisotopic (exact) mass is 372 g/mol. The molecule has 1 aliphatic carbocycles. The number of guanidine groups is 1. The van der Waals surface area contributed by atoms with Crippen LogP contribution in [0.25, 0.3) is 0 Å². The van der Waals surface area contributed by atoms with Crippen molar-refractivity contribution in [3.8, 4) is 11.5 Å². The molecule has 0 radical (unpaired) electrons. The zero-order valence-corrected chi connectivity index (χ0v) is 16.8. The summed E-state index contributed by atoms with van der Waals surface area (Å²) in [4.78, 5) is 9.57. The van der Waals surface area contributed by atoms with E-state index in [1.165, 1.54) is 43.5 Å². The molecule has 1 unspecified atom stereocenters. The maximum absolute atomic E-state index is 5.48. The smallest absolute Gasteiger partial charge is 0.193 e. The predicted molar refractivity (Wildman–Crippen MR) is 108 cm³/mol. The summed E-state index contributed by atoms with van der Waals surface area (Å²) in [5.41, 5.74) is 2.64. The molecule has 4 rings (SSSR count). The molecule has 6 nitrogen and oxygen atoms in total. The molecule has 2 aliphatic heterocycles. The average molecular weight is 373 g/mol. The van der Waals surface area contributed by atoms with E-state index in [1.54, 1.807) is 14.2 Å². The third-order valence-electron chi connectivity index (χ3n) is 6.16. The molecule has 0 aromatic heterocycles. The summed E-state index contributed by atoms with van der Waals surface area (Å²) in [7, 11) is 5.27. The molecule has 0 amide bonds. The maximum Gasteiger partial charge on any atom is 0.193 e. The van der Waals surface area contributed by atoms with Gasteiger partial charge in [0.25, 0.3) is 0 Å². The molecule has 2 heterocycles. The van der Waals surface area contributed by atoms with E-state index in [-0.39, 0.29) is 0 Å². The lowest BCUT2D eigenvalue weighted by atomic mass is 9.99. The van der Waals surface area contributed by atoms with Crippen LogP contribution in [0.4, 0.5) is 0 Å². The van der Waals surface area contributed by atoms with Crippen LogP contribution in [0.1, 0.15) is 30.4 Å². The Bertz CT molecular complexity index is 702. The van der Waals surface area contributed by atoms with Crippen LogP contribution < -0.4 is 14.8 Å². The number of nitrogens with zero attached hydrogens (tertiary/aromatic N) is 3. The number of aliphatic imine (C=N–C) groups is 1. The van der Waals surface area contributed by atoms with Gasteiger partial charge in [0.2, 0.25) is 0 Å². The van der Waals surface area contributed by atoms with Gasteiger partial charge in [-0.15, -0.1) is 0 Å². The molecular weight excluding hydrogens is 340 g/mol. The minimum Gasteiger partial charge on any atom is -0.493 e. The van der Waals surface area contributed by atoms with E-state index in [0.717, 1.165) is 55.5 Å². The van der Waals surface area contributed by atoms with Crippen molar-refractivity contribution >= 4 is 5.96 Å². The Kier molecular flexibility index (Phi) is 5.43. The lowest BCUT2D eigenvalue weighted by molar-refractivity contribution is 0.312. The van der Waals surface area contributed by atoms with Gasteiger partial charge >= 0.3 is 0 Å². The molecule has 6 heteroatoms. The van der Waals surface area contributed by atoms with E-state index in [0.29, 0.717) is 0 Å². The van der Waals surface area contributed by atoms with Crippen molar-refractivity contribution < 1.29 is 9.47 Å². The van der Waals surface area contributed by atoms with Crippen molar-refractivity contribution in [2.75, 3.05) is 47.4 Å². The standard InChI is InChI=1S/C21H32N4O2/c1-22-21(23-12-15-6-8-24(13-15)18-4-5-18)25-9-7-16-10-19(26-2)20(27-3)11-17(16)14-25/h10-11,15,18H,4-9,12-14H2,1-3H3,(H,22,23). The van der Waals surface area contributed by atoms with Crippen LogP contribution in [0.2, 0.25) is 0 Å². The van der Waals surface area contributed by atoms with Gasteiger partial charge < -0.3 is 24.6 Å². The van der Waals surface area contributed by atoms with Crippen LogP contribution in [-0.4, -0.2) is 69.2 Å². The molecule has 1 aromatic carbocycles. The first-order valence-corrected chi connectivity index (χ1v) is 10.1. The Labute approximate surface area is 162 Å². The second-order valence-electron chi connectivity index (χ2n) is 7.96. The molecule has 3 aliphatic rings. The van der Waals surface area contributed by atoms with Crippen molar-refractivity contribution in [1.29, 1.82) is 0 Å². The lowest BCUT2D eigenvalue weighted by Gasteiger charge is -2.32. The normalized spacial score (nSPS) is 23.3. The van der Waals surface area contributed by atoms with Crippen LogP contribution in [0, 0.1) is 5.92 Å². The highest BCUT2D eigenvalue weighted by Gasteiger charge is 2.34. The van der Waals surface area contributed by atoms with E-state index in [4.69, 9.17) is 9.47 Å². The van der Waals surface area contributed by atoms with Crippen molar-refractivity contribution in [3.05, 3.63) is 23.3 Å². The Morgan fingerprint density at radius 1 is 1.11 bits per heavy atom. The van der Waals surface area contributed by atoms with Crippen LogP contribution >= 0.6 is 0 Å². The van der Waals surface area contributed by atoms with Gasteiger partial charge in [-0.05, 0) is 61.4 Å². The first-order valence-electron chi connectivity index (χ1n) is 10.1. The molecule has 1 N–H and O–H groups in total. The number of likely N-dealkylation sites (tertiary alicyclic amines) is 1. The maximum atomic E-state index is 5.48. The summed E-state index contributed by atoms with van der Waals surface area (Å²) in [6.07, 6.45) is 5.11. The van der Waals surface area contributed by atoms with E-state index in [2.05, 4.69) is 32.2 Å². The van der Waals surface area contributed by atoms with Gasteiger partial charge in [-0.1, -0.05) is 0 Å². The first-order chi connectivity index (χ1) is 13.2. The molecule has 1 atom stereocenters. The van der Waals surface area contributed by atoms with Crippen LogP contribution in [-0.2, 0) is 13.0 Å². The Hall–Kier alpha value is -1.95. The quantitative estimate of drug-likeness (QED) is 0.634. The Morgan fingerprint density at radius 3 is 2.52 bits per heavy atom. The number of fused-ring (bicyclic) bond motifs is 1. The Balaban J connectivity index is 1.36. The molecular formula is C21H32N4O2. The highest BCUT2D eigenvalue weighted by molar-refractivity contribution is 5.80. The number of nitrogens with one attached hydrogen (secondary N) is 1. The first kappa shape index (κ1) is 18.4. The second kappa shape index (κ2) is 7.97. The van der Waals surface area contributed by atoms with Crippen LogP contribution in [0.5, 0.6) is 11.5 Å². The SMILES string of the molecule is CN=C(NCC1CCN(C2CC2)C1)N1CCc2cc(OC)c(OC)cc2C1. The molecule has 0 bridgehead atoms. The van der Waals surface area contributed by atoms with Crippen molar-refractivity contribution in [3.63, 3.8) is 0 Å². The molecule has 148 valence electrons. The third-order valence-corrected chi connectivity index (χ3v) is 6.16. The number of hydrogen-bond acceptors (Lipinski definition) is 4. The molecule has 1 saturated heterocycles. The van der Waals surface area contributed by atoms with Gasteiger partial charge in [-0.25, -0.2) is 0 Å². The predicted octanol–water partition coefficient (Wildman–Crippen LogP) is 2.12. The number of methoxy groups -OCH3 is 2. The molecule has 0 spiro atoms. The number of hydrogen-bond donors (Lipinski definition) is 1. The van der Waals surface area contributed by atoms with E-state index >= 15 is 0 Å². The van der Waals surface area contributed by atoms with Crippen molar-refractivity contribution in [2.24, 2.45) is 10.9 Å². The fourth-order valence-corrected chi connectivity index (χ4v) is 4.43. The highest BCUT2D eigenvalue weighted by atomic mass is 16.5. The molecule has 1 saturated carbocycles. The molecule has 1 aromatic rings. The summed E-state index contributed by atoms with van der Waals surface area (Å²) in [6.45, 7) is 5.36. The summed E-state index contributed by atoms with van der Waals surface area (Å²) >= 11 is 0. The zero-order chi connectivity index (χ0) is 18.8. The summed E-state index contributed by atoms with van der Waals surface area (Å²) < 4.78 is 10.9. The second-order valence-corrected chi connectivity index (χ2v) is 7.96. The van der Waals surface area contributed by atoms with Crippen LogP contribution in [0.15, 0.2) is 17.1 Å². The third kappa shape index (κ3) is 4.00. The van der Waals surface area contributed by atoms with Gasteiger partial charge in [0.15, 0.2) is 17.5 Å². The average Bonchev–Trinajstić information content (AvgIpc) is 3.45. The van der Waals surface area contributed by atoms with Gasteiger partial charge in [0.1, 0.15) is 0 Å². The fraction of sp³-hybridized carbons (Fsp3) is 0.667. The summed E-state index contributed by atoms with van der Waals surface area (Å²) in [5.74, 6) is 3.37. The largest absolute Gasteiger partial charge is 0.493 e. The van der Waals surface area contributed by atoms with Gasteiger partial charge in [-0.2, -0.15) is 0 Å². The van der Waals surface area contributed by atoms with Gasteiger partial charge in [0, 0.05) is 39.3 Å². The number of ether oxygens (including phenoxy) is 2. The number of rotatable bonds is 5. The molecule has 27 heavy (non-hydrogen) atoms. The van der Waals surface area contributed by atoms with Gasteiger partial charge in [-0.3, -0.25) is 4.99 Å².